The Kier molecular flexibility index (Phi) is 4.61. The van der Waals surface area contributed by atoms with Crippen LogP contribution in [-0.4, -0.2) is 23.7 Å². The van der Waals surface area contributed by atoms with Crippen molar-refractivity contribution in [2.45, 2.75) is 36.8 Å². The number of likely N-dealkylation sites (N-methyl/N-ethyl adjacent to an activating group) is 1. The molecule has 0 saturated heterocycles. The summed E-state index contributed by atoms with van der Waals surface area (Å²) in [5.41, 5.74) is 12.5. The standard InChI is InChI=1S/C37H31N3/c1-38-30-18-10-9-17-27(30)36-32(38)20-21-33-37(36)29-23-34-28(22-35(29)40(33)25-14-6-3-7-15-25)26-16-8-11-19-31(26)39(34)24-12-4-2-5-13-24/h2-12,14-21,23-24,27-28,30H,13,22H2,1H3. The van der Waals surface area contributed by atoms with E-state index in [9.17, 15) is 0 Å². The van der Waals surface area contributed by atoms with Crippen LogP contribution in [0.1, 0.15) is 40.6 Å². The third kappa shape index (κ3) is 2.90. The van der Waals surface area contributed by atoms with Gasteiger partial charge in [-0.2, -0.15) is 0 Å². The molecule has 0 radical (unpaired) electrons. The van der Waals surface area contributed by atoms with Crippen LogP contribution >= 0.6 is 0 Å². The van der Waals surface area contributed by atoms with Crippen LogP contribution in [0.5, 0.6) is 0 Å². The van der Waals surface area contributed by atoms with Crippen molar-refractivity contribution in [1.29, 1.82) is 0 Å². The number of rotatable bonds is 2. The van der Waals surface area contributed by atoms with Crippen LogP contribution in [0.25, 0.3) is 22.7 Å². The molecule has 3 aromatic carbocycles. The monoisotopic (exact) mass is 517 g/mol. The molecule has 2 aliphatic heterocycles. The zero-order valence-electron chi connectivity index (χ0n) is 22.6. The Morgan fingerprint density at radius 2 is 1.60 bits per heavy atom. The molecule has 3 aliphatic carbocycles. The third-order valence-electron chi connectivity index (χ3n) is 9.76. The molecule has 4 atom stereocenters. The van der Waals surface area contributed by atoms with Gasteiger partial charge in [-0.05, 0) is 54.0 Å². The van der Waals surface area contributed by atoms with Crippen molar-refractivity contribution in [2.75, 3.05) is 16.8 Å². The Morgan fingerprint density at radius 1 is 0.775 bits per heavy atom. The predicted molar refractivity (Wildman–Crippen MR) is 167 cm³/mol. The van der Waals surface area contributed by atoms with E-state index in [0.717, 1.165) is 12.8 Å². The van der Waals surface area contributed by atoms with E-state index in [4.69, 9.17) is 0 Å². The van der Waals surface area contributed by atoms with Crippen molar-refractivity contribution in [3.63, 3.8) is 0 Å². The molecule has 3 heterocycles. The summed E-state index contributed by atoms with van der Waals surface area (Å²) in [5.74, 6) is 0.722. The Labute approximate surface area is 235 Å². The number of allylic oxidation sites excluding steroid dienone is 5. The topological polar surface area (TPSA) is 11.4 Å². The second-order valence-corrected chi connectivity index (χ2v) is 11.7. The van der Waals surface area contributed by atoms with Gasteiger partial charge in [-0.25, -0.2) is 0 Å². The quantitative estimate of drug-likeness (QED) is 0.267. The van der Waals surface area contributed by atoms with Gasteiger partial charge >= 0.3 is 0 Å². The zero-order chi connectivity index (χ0) is 26.4. The van der Waals surface area contributed by atoms with Crippen LogP contribution < -0.4 is 9.80 Å². The van der Waals surface area contributed by atoms with Gasteiger partial charge in [0.05, 0.1) is 17.6 Å². The largest absolute Gasteiger partial charge is 0.367 e. The molecule has 4 unspecified atom stereocenters. The minimum Gasteiger partial charge on any atom is -0.367 e. The number of fused-ring (bicyclic) bond motifs is 10. The van der Waals surface area contributed by atoms with Crippen molar-refractivity contribution in [1.82, 2.24) is 4.57 Å². The van der Waals surface area contributed by atoms with E-state index >= 15 is 0 Å². The fourth-order valence-electron chi connectivity index (χ4n) is 8.07. The number of anilines is 2. The van der Waals surface area contributed by atoms with Gasteiger partial charge in [0.15, 0.2) is 0 Å². The van der Waals surface area contributed by atoms with Crippen LogP contribution in [0, 0.1) is 0 Å². The highest BCUT2D eigenvalue weighted by Gasteiger charge is 2.42. The van der Waals surface area contributed by atoms with Gasteiger partial charge < -0.3 is 14.4 Å². The summed E-state index contributed by atoms with van der Waals surface area (Å²) in [6.07, 6.45) is 22.9. The SMILES string of the molecule is CN1c2ccc3c(c4c(n3-c3ccccc3)CC3C(=C4)N(C4C=CC=CC4)c4ccccc43)c2C2C=CC=CC21. The Hall–Kier alpha value is -4.50. The molecule has 3 nitrogen and oxygen atoms in total. The average molecular weight is 518 g/mol. The van der Waals surface area contributed by atoms with Crippen LogP contribution in [0.15, 0.2) is 121 Å². The number of nitrogens with zero attached hydrogens (tertiary/aromatic N) is 3. The van der Waals surface area contributed by atoms with Crippen molar-refractivity contribution in [2.24, 2.45) is 0 Å². The summed E-state index contributed by atoms with van der Waals surface area (Å²) < 4.78 is 2.56. The van der Waals surface area contributed by atoms with Crippen molar-refractivity contribution in [3.05, 3.63) is 143 Å². The third-order valence-corrected chi connectivity index (χ3v) is 9.76. The Balaban J connectivity index is 1.35. The highest BCUT2D eigenvalue weighted by molar-refractivity contribution is 6.02. The Bertz CT molecular complexity index is 1850. The van der Waals surface area contributed by atoms with Crippen LogP contribution in [-0.2, 0) is 6.42 Å². The minimum absolute atomic E-state index is 0.346. The van der Waals surface area contributed by atoms with Crippen LogP contribution in [0.3, 0.4) is 0 Å². The maximum Gasteiger partial charge on any atom is 0.0577 e. The molecule has 0 saturated carbocycles. The predicted octanol–water partition coefficient (Wildman–Crippen LogP) is 8.04. The van der Waals surface area contributed by atoms with Gasteiger partial charge in [-0.1, -0.05) is 85.0 Å². The van der Waals surface area contributed by atoms with Crippen molar-refractivity contribution < 1.29 is 0 Å². The first-order valence-electron chi connectivity index (χ1n) is 14.6. The summed E-state index contributed by atoms with van der Waals surface area (Å²) in [7, 11) is 2.26. The van der Waals surface area contributed by atoms with E-state index in [1.165, 1.54) is 56.0 Å². The van der Waals surface area contributed by atoms with E-state index in [0.29, 0.717) is 23.9 Å². The van der Waals surface area contributed by atoms with Gasteiger partial charge in [0, 0.05) is 64.7 Å². The molecule has 0 spiro atoms. The summed E-state index contributed by atoms with van der Waals surface area (Å²) in [6, 6.07) is 25.5. The lowest BCUT2D eigenvalue weighted by molar-refractivity contribution is 0.702. The fourth-order valence-corrected chi connectivity index (χ4v) is 8.07. The first-order valence-corrected chi connectivity index (χ1v) is 14.6. The number of benzene rings is 3. The average Bonchev–Trinajstić information content (AvgIpc) is 3.62. The summed E-state index contributed by atoms with van der Waals surface area (Å²) >= 11 is 0. The van der Waals surface area contributed by atoms with Crippen molar-refractivity contribution in [3.8, 4) is 5.69 Å². The molecule has 4 aromatic rings. The van der Waals surface area contributed by atoms with Crippen molar-refractivity contribution >= 4 is 28.4 Å². The lowest BCUT2D eigenvalue weighted by Crippen LogP contribution is -2.32. The van der Waals surface area contributed by atoms with E-state index in [1.54, 1.807) is 0 Å². The fraction of sp³-hybridized carbons (Fsp3) is 0.189. The lowest BCUT2D eigenvalue weighted by Gasteiger charge is -2.32. The lowest BCUT2D eigenvalue weighted by atomic mass is 9.84. The normalized spacial score (nSPS) is 25.1. The number of hydrogen-bond donors (Lipinski definition) is 0. The van der Waals surface area contributed by atoms with E-state index in [-0.39, 0.29) is 0 Å². The van der Waals surface area contributed by atoms with Gasteiger partial charge in [-0.3, -0.25) is 0 Å². The maximum absolute atomic E-state index is 2.63. The molecule has 1 aromatic heterocycles. The molecular formula is C37H31N3. The molecular weight excluding hydrogens is 486 g/mol. The van der Waals surface area contributed by atoms with E-state index < -0.39 is 0 Å². The highest BCUT2D eigenvalue weighted by atomic mass is 15.2. The van der Waals surface area contributed by atoms with Crippen LogP contribution in [0.2, 0.25) is 0 Å². The van der Waals surface area contributed by atoms with E-state index in [1.807, 2.05) is 0 Å². The van der Waals surface area contributed by atoms with Gasteiger partial charge in [0.1, 0.15) is 0 Å². The van der Waals surface area contributed by atoms with E-state index in [2.05, 4.69) is 143 Å². The zero-order valence-corrected chi connectivity index (χ0v) is 22.6. The molecule has 40 heavy (non-hydrogen) atoms. The smallest absolute Gasteiger partial charge is 0.0577 e. The summed E-state index contributed by atoms with van der Waals surface area (Å²) in [6.45, 7) is 0. The van der Waals surface area contributed by atoms with Crippen LogP contribution in [0.4, 0.5) is 11.4 Å². The second kappa shape index (κ2) is 8.25. The first kappa shape index (κ1) is 22.3. The highest BCUT2D eigenvalue weighted by Crippen LogP contribution is 2.54. The molecule has 5 aliphatic rings. The molecule has 0 amide bonds. The first-order chi connectivity index (χ1) is 19.8. The molecule has 194 valence electrons. The second-order valence-electron chi connectivity index (χ2n) is 11.7. The molecule has 0 bridgehead atoms. The summed E-state index contributed by atoms with van der Waals surface area (Å²) in [5, 5.41) is 1.43. The number of hydrogen-bond acceptors (Lipinski definition) is 2. The van der Waals surface area contributed by atoms with Gasteiger partial charge in [0.2, 0.25) is 0 Å². The molecule has 0 N–H and O–H groups in total. The van der Waals surface area contributed by atoms with Gasteiger partial charge in [0.25, 0.3) is 0 Å². The summed E-state index contributed by atoms with van der Waals surface area (Å²) in [4.78, 5) is 5.11. The number of para-hydroxylation sites is 2. The number of aromatic nitrogens is 1. The molecule has 9 rings (SSSR count). The molecule has 3 heteroatoms. The maximum atomic E-state index is 2.63. The minimum atomic E-state index is 0.346. The van der Waals surface area contributed by atoms with Gasteiger partial charge in [-0.15, -0.1) is 0 Å². The Morgan fingerprint density at radius 3 is 2.48 bits per heavy atom. The molecule has 0 fully saturated rings.